The molecule has 2 aliphatic heterocycles. The van der Waals surface area contributed by atoms with E-state index >= 15 is 0 Å². The van der Waals surface area contributed by atoms with Crippen molar-refractivity contribution in [2.45, 2.75) is 143 Å². The number of aryl methyl sites for hydroxylation is 4. The molecule has 4 aliphatic carbocycles. The number of carbonyl (C=O) groups is 9. The number of aliphatic hydroxyl groups is 3. The number of benzene rings is 10. The highest BCUT2D eigenvalue weighted by Crippen LogP contribution is 2.44. The van der Waals surface area contributed by atoms with Gasteiger partial charge in [-0.25, -0.2) is 0 Å². The molecular formula is C92H81Br6IO16. The van der Waals surface area contributed by atoms with Gasteiger partial charge in [-0.1, -0.05) is 150 Å². The molecule has 0 saturated heterocycles. The molecule has 0 bridgehead atoms. The summed E-state index contributed by atoms with van der Waals surface area (Å²) in [6.45, 7) is 7.31. The van der Waals surface area contributed by atoms with Crippen LogP contribution in [0.3, 0.4) is 0 Å². The number of aromatic hydroxyl groups is 1. The molecule has 10 aromatic carbocycles. The number of rotatable bonds is 12. The topological polar surface area (TPSA) is 262 Å². The molecule has 23 heteroatoms. The third-order valence-corrected chi connectivity index (χ3v) is 25.1. The average molecular weight is 2050 g/mol. The third-order valence-electron chi connectivity index (χ3n) is 19.9. The van der Waals surface area contributed by atoms with E-state index in [-0.39, 0.29) is 82.4 Å². The second-order valence-electron chi connectivity index (χ2n) is 27.9. The molecule has 16 nitrogen and oxygen atoms in total. The number of phenols is 1. The van der Waals surface area contributed by atoms with Crippen molar-refractivity contribution in [3.8, 4) is 45.3 Å². The monoisotopic (exact) mass is 2040 g/mol. The molecule has 0 radical (unpaired) electrons. The zero-order chi connectivity index (χ0) is 82.9. The summed E-state index contributed by atoms with van der Waals surface area (Å²) in [5, 5.41) is 36.0. The van der Waals surface area contributed by atoms with E-state index in [1.807, 2.05) is 103 Å². The van der Waals surface area contributed by atoms with Gasteiger partial charge in [-0.15, -0.1) is 0 Å². The Hall–Kier alpha value is -8.08. The van der Waals surface area contributed by atoms with Crippen molar-refractivity contribution in [1.82, 2.24) is 0 Å². The van der Waals surface area contributed by atoms with Crippen LogP contribution in [0.2, 0.25) is 0 Å². The number of alkyl halides is 2. The number of aliphatic hydroxyl groups excluding tert-OH is 3. The van der Waals surface area contributed by atoms with Crippen LogP contribution in [0, 0.1) is 3.57 Å². The van der Waals surface area contributed by atoms with Gasteiger partial charge < -0.3 is 34.6 Å². The Morgan fingerprint density at radius 3 is 1.30 bits per heavy atom. The molecule has 0 fully saturated rings. The molecule has 0 aromatic heterocycles. The molecule has 6 aliphatic rings. The zero-order valence-corrected chi connectivity index (χ0v) is 75.0. The number of phenolic OH excluding ortho intramolecular Hbond substituents is 1. The molecule has 594 valence electrons. The van der Waals surface area contributed by atoms with Crippen LogP contribution in [0.5, 0.6) is 23.0 Å². The first-order valence-electron chi connectivity index (χ1n) is 37.0. The molecule has 4 N–H and O–H groups in total. The summed E-state index contributed by atoms with van der Waals surface area (Å²) in [6.07, 6.45) is 9.19. The van der Waals surface area contributed by atoms with Crippen LogP contribution in [-0.2, 0) is 65.3 Å². The lowest BCUT2D eigenvalue weighted by molar-refractivity contribution is 0.0964. The Kier molecular flexibility index (Phi) is 32.5. The van der Waals surface area contributed by atoms with E-state index in [1.165, 1.54) is 13.8 Å². The third kappa shape index (κ3) is 23.2. The highest BCUT2D eigenvalue weighted by atomic mass is 127. The van der Waals surface area contributed by atoms with Gasteiger partial charge in [0.25, 0.3) is 0 Å². The first kappa shape index (κ1) is 89.3. The van der Waals surface area contributed by atoms with Crippen molar-refractivity contribution in [2.75, 3.05) is 5.33 Å². The Morgan fingerprint density at radius 2 is 0.809 bits per heavy atom. The highest BCUT2D eigenvalue weighted by molar-refractivity contribution is 14.1. The van der Waals surface area contributed by atoms with E-state index in [2.05, 4.69) is 130 Å². The lowest BCUT2D eigenvalue weighted by Crippen LogP contribution is -2.23. The minimum atomic E-state index is -0.100. The van der Waals surface area contributed by atoms with Crippen LogP contribution in [0.15, 0.2) is 188 Å². The minimum absolute atomic E-state index is 0.0113. The number of carbonyl (C=O) groups excluding carboxylic acids is 9. The van der Waals surface area contributed by atoms with Crippen molar-refractivity contribution in [3.63, 3.8) is 0 Å². The molecule has 16 rings (SSSR count). The van der Waals surface area contributed by atoms with Gasteiger partial charge in [-0.2, -0.15) is 0 Å². The van der Waals surface area contributed by atoms with E-state index in [4.69, 9.17) is 34.6 Å². The maximum absolute atomic E-state index is 12.4. The summed E-state index contributed by atoms with van der Waals surface area (Å²) in [7, 11) is 0. The van der Waals surface area contributed by atoms with Gasteiger partial charge in [0.15, 0.2) is 52.0 Å². The van der Waals surface area contributed by atoms with Gasteiger partial charge in [0.1, 0.15) is 42.8 Å². The number of ketones is 9. The SMILES string of the molecule is CC(=O)c1ccc(Br)c(CO)c1.CC(=O)c1ccc(Br)c(CO)c1.CC(=O)c1ccc(Br)c(COc2ccc3c(c2)C(=O)CCC3)c1.CC(=O)c1ccc2c(c1)COc1cc3c(cc1-2)CCCC3=O.O=C(CBr)c1ccc2c(c1)COc1cc3c(cc1-2)CCC(Br)C3=O.O=C1CCCc2ccc(O)cc21.OCc1cc(I)ccc1Br. The number of Topliss-reactive ketones (excluding diaryl/α,β-unsaturated/α-hetero) is 9. The number of ether oxygens (including phenoxy) is 3. The minimum Gasteiger partial charge on any atom is -0.508 e. The maximum atomic E-state index is 12.4. The summed E-state index contributed by atoms with van der Waals surface area (Å²) in [5.74, 6) is 3.25. The van der Waals surface area contributed by atoms with Crippen molar-refractivity contribution in [3.05, 3.63) is 297 Å². The van der Waals surface area contributed by atoms with Crippen LogP contribution >= 0.6 is 118 Å². The molecular weight excluding hydrogens is 1970 g/mol. The number of hydrogen-bond acceptors (Lipinski definition) is 16. The number of halogens is 7. The lowest BCUT2D eigenvalue weighted by Gasteiger charge is -2.26. The van der Waals surface area contributed by atoms with E-state index < -0.39 is 0 Å². The summed E-state index contributed by atoms with van der Waals surface area (Å²) < 4.78 is 22.2. The molecule has 115 heavy (non-hydrogen) atoms. The summed E-state index contributed by atoms with van der Waals surface area (Å²) in [5.41, 5.74) is 20.3. The molecule has 0 spiro atoms. The average Bonchev–Trinajstić information content (AvgIpc) is 0.761. The number of fused-ring (bicyclic) bond motifs is 10. The zero-order valence-electron chi connectivity index (χ0n) is 63.3. The van der Waals surface area contributed by atoms with Gasteiger partial charge in [-0.3, -0.25) is 43.2 Å². The predicted molar refractivity (Wildman–Crippen MR) is 474 cm³/mol. The van der Waals surface area contributed by atoms with Crippen molar-refractivity contribution in [1.29, 1.82) is 0 Å². The number of hydrogen-bond donors (Lipinski definition) is 4. The van der Waals surface area contributed by atoms with E-state index in [1.54, 1.807) is 68.4 Å². The second-order valence-corrected chi connectivity index (χ2v) is 34.2. The van der Waals surface area contributed by atoms with E-state index in [0.29, 0.717) is 83.5 Å². The normalized spacial score (nSPS) is 14.1. The Bertz CT molecular complexity index is 5380. The lowest BCUT2D eigenvalue weighted by atomic mass is 9.85. The van der Waals surface area contributed by atoms with E-state index in [9.17, 15) is 43.2 Å². The second kappa shape index (κ2) is 41.8. The quantitative estimate of drug-likeness (QED) is 0.0503. The van der Waals surface area contributed by atoms with Gasteiger partial charge in [0.2, 0.25) is 0 Å². The van der Waals surface area contributed by atoms with Crippen LogP contribution in [-0.4, -0.2) is 82.6 Å². The van der Waals surface area contributed by atoms with E-state index in [0.717, 1.165) is 179 Å². The fourth-order valence-electron chi connectivity index (χ4n) is 13.6. The van der Waals surface area contributed by atoms with Gasteiger partial charge >= 0.3 is 0 Å². The van der Waals surface area contributed by atoms with Crippen molar-refractivity contribution in [2.24, 2.45) is 0 Å². The summed E-state index contributed by atoms with van der Waals surface area (Å²) >= 11 is 22.2. The van der Waals surface area contributed by atoms with Gasteiger partial charge in [0.05, 0.1) is 30.0 Å². The fraction of sp³-hybridized carbons (Fsp3) is 0.250. The largest absolute Gasteiger partial charge is 0.508 e. The predicted octanol–water partition coefficient (Wildman–Crippen LogP) is 22.2. The summed E-state index contributed by atoms with van der Waals surface area (Å²) in [6, 6.07) is 51.9. The van der Waals surface area contributed by atoms with Crippen LogP contribution in [0.4, 0.5) is 0 Å². The molecule has 10 aromatic rings. The van der Waals surface area contributed by atoms with Gasteiger partial charge in [0, 0.05) is 107 Å². The Labute approximate surface area is 731 Å². The molecule has 1 unspecified atom stereocenters. The van der Waals surface area contributed by atoms with Crippen LogP contribution in [0.25, 0.3) is 22.3 Å². The summed E-state index contributed by atoms with van der Waals surface area (Å²) in [4.78, 5) is 104. The fourth-order valence-corrected chi connectivity index (χ4v) is 16.4. The van der Waals surface area contributed by atoms with Gasteiger partial charge in [-0.05, 0) is 278 Å². The molecule has 2 heterocycles. The first-order chi connectivity index (χ1) is 55.1. The maximum Gasteiger partial charge on any atom is 0.176 e. The van der Waals surface area contributed by atoms with Crippen LogP contribution < -0.4 is 14.2 Å². The molecule has 1 atom stereocenters. The Balaban J connectivity index is 0.000000146. The highest BCUT2D eigenvalue weighted by Gasteiger charge is 2.30. The molecule has 0 amide bonds. The Morgan fingerprint density at radius 1 is 0.409 bits per heavy atom. The van der Waals surface area contributed by atoms with Crippen LogP contribution in [0.1, 0.15) is 221 Å². The molecule has 0 saturated carbocycles. The standard InChI is InChI=1S/C19H14Br2O3.C19H17BrO3.C19H16O3.C10H10O2.2C9H9BrO2.C7H6BrIO/c20-8-17(22)11-1-3-13-12(5-11)9-24-18-7-14-10(6-15(13)18)2-4-16(21)19(14)23;1-12(21)14-6-8-18(20)15(9-14)11-23-16-7-5-13-3-2-4-19(22)17(13)10-16;1-11(20)12-5-6-15-14(7-12)10-22-19-9-16-13(8-17(15)19)3-2-4-18(16)21;11-8-5-4-7-2-1-3-10(12)9(7)6-8;2*1-6(12)7-2-3-9(10)8(4-7)5-11;8-7-2-1-6(9)3-5(7)4-10/h1,3,5-7,16H,2,4,8-9H2;5-10H,2-4,11H2,1H3;5-9H,2-4,10H2,1H3;4-6,11H,1-3H2;2*2-4,11H,5H2,1H3;1-3,10H,4H2. The van der Waals surface area contributed by atoms with Crippen molar-refractivity contribution >= 4 is 170 Å². The van der Waals surface area contributed by atoms with Crippen molar-refractivity contribution < 1.29 is 77.8 Å². The first-order valence-corrected chi connectivity index (χ1v) is 43.3. The smallest absolute Gasteiger partial charge is 0.176 e.